The van der Waals surface area contributed by atoms with Crippen LogP contribution < -0.4 is 11.3 Å². The van der Waals surface area contributed by atoms with Gasteiger partial charge in [0.05, 0.1) is 6.04 Å². The molecule has 3 aromatic rings. The van der Waals surface area contributed by atoms with Gasteiger partial charge in [-0.3, -0.25) is 5.84 Å². The average Bonchev–Trinajstić information content (AvgIpc) is 2.81. The summed E-state index contributed by atoms with van der Waals surface area (Å²) in [6, 6.07) is 8.89. The highest BCUT2D eigenvalue weighted by Crippen LogP contribution is 2.33. The van der Waals surface area contributed by atoms with E-state index in [1.165, 1.54) is 35.6 Å². The summed E-state index contributed by atoms with van der Waals surface area (Å²) in [7, 11) is 0. The topological polar surface area (TPSA) is 38.0 Å². The maximum absolute atomic E-state index is 13.3. The van der Waals surface area contributed by atoms with E-state index in [4.69, 9.17) is 5.84 Å². The van der Waals surface area contributed by atoms with E-state index >= 15 is 0 Å². The molecule has 21 heavy (non-hydrogen) atoms. The number of hydrogen-bond donors (Lipinski definition) is 2. The molecule has 2 aromatic carbocycles. The van der Waals surface area contributed by atoms with E-state index in [0.717, 1.165) is 21.0 Å². The monoisotopic (exact) mass is 308 g/mol. The predicted octanol–water partition coefficient (Wildman–Crippen LogP) is 3.87. The standard InChI is InChI=1S/C15H11F3N2S/c16-10-1-2-13-8(3-10)6-14(21-13)15(20-19)9-4-11(17)7-12(18)5-9/h1-7,15,20H,19H2. The molecule has 1 heterocycles. The van der Waals surface area contributed by atoms with Gasteiger partial charge in [0.2, 0.25) is 0 Å². The number of rotatable bonds is 3. The van der Waals surface area contributed by atoms with Crippen molar-refractivity contribution in [2.45, 2.75) is 6.04 Å². The predicted molar refractivity (Wildman–Crippen MR) is 77.3 cm³/mol. The molecule has 0 aliphatic carbocycles. The van der Waals surface area contributed by atoms with E-state index < -0.39 is 17.7 Å². The number of thiophene rings is 1. The third-order valence-electron chi connectivity index (χ3n) is 3.17. The fourth-order valence-electron chi connectivity index (χ4n) is 2.26. The molecule has 0 aliphatic rings. The maximum atomic E-state index is 13.3. The Morgan fingerprint density at radius 2 is 1.62 bits per heavy atom. The van der Waals surface area contributed by atoms with Crippen molar-refractivity contribution in [3.8, 4) is 0 Å². The molecule has 108 valence electrons. The van der Waals surface area contributed by atoms with Crippen LogP contribution in [0, 0.1) is 17.5 Å². The van der Waals surface area contributed by atoms with Crippen LogP contribution in [0.3, 0.4) is 0 Å². The average molecular weight is 308 g/mol. The first-order chi connectivity index (χ1) is 10.1. The lowest BCUT2D eigenvalue weighted by molar-refractivity contribution is 0.568. The summed E-state index contributed by atoms with van der Waals surface area (Å²) in [5.41, 5.74) is 2.92. The molecule has 0 spiro atoms. The lowest BCUT2D eigenvalue weighted by atomic mass is 10.1. The minimum Gasteiger partial charge on any atom is -0.271 e. The van der Waals surface area contributed by atoms with Crippen LogP contribution in [0.1, 0.15) is 16.5 Å². The van der Waals surface area contributed by atoms with Gasteiger partial charge in [0.15, 0.2) is 0 Å². The molecule has 0 bridgehead atoms. The van der Waals surface area contributed by atoms with Crippen LogP contribution in [-0.4, -0.2) is 0 Å². The zero-order valence-corrected chi connectivity index (χ0v) is 11.6. The van der Waals surface area contributed by atoms with Crippen LogP contribution in [0.15, 0.2) is 42.5 Å². The van der Waals surface area contributed by atoms with E-state index in [1.807, 2.05) is 0 Å². The molecule has 0 saturated carbocycles. The number of nitrogens with two attached hydrogens (primary N) is 1. The number of hydrogen-bond acceptors (Lipinski definition) is 3. The van der Waals surface area contributed by atoms with Crippen LogP contribution in [0.25, 0.3) is 10.1 Å². The summed E-state index contributed by atoms with van der Waals surface area (Å²) in [4.78, 5) is 0.753. The van der Waals surface area contributed by atoms with Crippen LogP contribution in [0.5, 0.6) is 0 Å². The van der Waals surface area contributed by atoms with Crippen LogP contribution in [-0.2, 0) is 0 Å². The first-order valence-electron chi connectivity index (χ1n) is 6.18. The largest absolute Gasteiger partial charge is 0.271 e. The molecule has 0 radical (unpaired) electrons. The first kappa shape index (κ1) is 14.1. The molecule has 0 fully saturated rings. The normalized spacial score (nSPS) is 12.8. The highest BCUT2D eigenvalue weighted by molar-refractivity contribution is 7.19. The van der Waals surface area contributed by atoms with E-state index in [0.29, 0.717) is 5.56 Å². The molecule has 1 aromatic heterocycles. The van der Waals surface area contributed by atoms with Gasteiger partial charge in [-0.2, -0.15) is 0 Å². The first-order valence-corrected chi connectivity index (χ1v) is 6.99. The zero-order valence-electron chi connectivity index (χ0n) is 10.7. The maximum Gasteiger partial charge on any atom is 0.126 e. The molecular formula is C15H11F3N2S. The van der Waals surface area contributed by atoms with Gasteiger partial charge in [0.1, 0.15) is 17.5 Å². The minimum atomic E-state index is -0.669. The van der Waals surface area contributed by atoms with Crippen molar-refractivity contribution in [1.82, 2.24) is 5.43 Å². The Morgan fingerprint density at radius 1 is 0.905 bits per heavy atom. The van der Waals surface area contributed by atoms with Gasteiger partial charge in [-0.15, -0.1) is 11.3 Å². The molecule has 3 rings (SSSR count). The van der Waals surface area contributed by atoms with E-state index in [1.54, 1.807) is 12.1 Å². The Hall–Kier alpha value is -1.89. The van der Waals surface area contributed by atoms with Gasteiger partial charge in [-0.1, -0.05) is 0 Å². The Morgan fingerprint density at radius 3 is 2.29 bits per heavy atom. The fraction of sp³-hybridized carbons (Fsp3) is 0.0667. The third-order valence-corrected chi connectivity index (χ3v) is 4.35. The fourth-order valence-corrected chi connectivity index (χ4v) is 3.40. The molecule has 1 unspecified atom stereocenters. The summed E-state index contributed by atoms with van der Waals surface area (Å²) < 4.78 is 40.8. The summed E-state index contributed by atoms with van der Waals surface area (Å²) in [6.45, 7) is 0. The summed E-state index contributed by atoms with van der Waals surface area (Å²) in [5, 5.41) is 0.729. The SMILES string of the molecule is NNC(c1cc(F)cc(F)c1)c1cc2cc(F)ccc2s1. The van der Waals surface area contributed by atoms with Gasteiger partial charge in [0.25, 0.3) is 0 Å². The highest BCUT2D eigenvalue weighted by atomic mass is 32.1. The van der Waals surface area contributed by atoms with Gasteiger partial charge in [-0.25, -0.2) is 18.6 Å². The van der Waals surface area contributed by atoms with Crippen molar-refractivity contribution in [2.75, 3.05) is 0 Å². The summed E-state index contributed by atoms with van der Waals surface area (Å²) in [5.74, 6) is 3.86. The second-order valence-corrected chi connectivity index (χ2v) is 5.75. The lowest BCUT2D eigenvalue weighted by Crippen LogP contribution is -2.28. The second kappa shape index (κ2) is 5.48. The minimum absolute atomic E-state index is 0.332. The third kappa shape index (κ3) is 2.78. The zero-order chi connectivity index (χ0) is 15.0. The molecule has 6 heteroatoms. The Bertz CT molecular complexity index is 780. The molecule has 0 amide bonds. The quantitative estimate of drug-likeness (QED) is 0.569. The molecule has 0 aliphatic heterocycles. The Labute approximate surface area is 123 Å². The smallest absolute Gasteiger partial charge is 0.126 e. The molecular weight excluding hydrogens is 297 g/mol. The van der Waals surface area contributed by atoms with Gasteiger partial charge in [0, 0.05) is 15.6 Å². The highest BCUT2D eigenvalue weighted by Gasteiger charge is 2.17. The van der Waals surface area contributed by atoms with Crippen LogP contribution >= 0.6 is 11.3 Å². The van der Waals surface area contributed by atoms with E-state index in [2.05, 4.69) is 5.43 Å². The van der Waals surface area contributed by atoms with Crippen molar-refractivity contribution < 1.29 is 13.2 Å². The van der Waals surface area contributed by atoms with Gasteiger partial charge < -0.3 is 0 Å². The second-order valence-electron chi connectivity index (χ2n) is 4.63. The molecule has 1 atom stereocenters. The number of nitrogens with one attached hydrogen (secondary N) is 1. The molecule has 3 N–H and O–H groups in total. The van der Waals surface area contributed by atoms with E-state index in [-0.39, 0.29) is 5.82 Å². The lowest BCUT2D eigenvalue weighted by Gasteiger charge is -2.14. The summed E-state index contributed by atoms with van der Waals surface area (Å²) >= 11 is 1.39. The van der Waals surface area contributed by atoms with Crippen molar-refractivity contribution in [2.24, 2.45) is 5.84 Å². The van der Waals surface area contributed by atoms with Crippen molar-refractivity contribution in [3.05, 3.63) is 70.4 Å². The number of halogens is 3. The van der Waals surface area contributed by atoms with Crippen LogP contribution in [0.4, 0.5) is 13.2 Å². The Kier molecular flexibility index (Phi) is 3.67. The summed E-state index contributed by atoms with van der Waals surface area (Å²) in [6.07, 6.45) is 0. The number of fused-ring (bicyclic) bond motifs is 1. The van der Waals surface area contributed by atoms with Crippen molar-refractivity contribution in [3.63, 3.8) is 0 Å². The molecule has 2 nitrogen and oxygen atoms in total. The molecule has 0 saturated heterocycles. The van der Waals surface area contributed by atoms with Gasteiger partial charge in [-0.05, 0) is 47.3 Å². The number of hydrazine groups is 1. The van der Waals surface area contributed by atoms with Gasteiger partial charge >= 0.3 is 0 Å². The number of benzene rings is 2. The van der Waals surface area contributed by atoms with Crippen molar-refractivity contribution in [1.29, 1.82) is 0 Å². The van der Waals surface area contributed by atoms with E-state index in [9.17, 15) is 13.2 Å². The Balaban J connectivity index is 2.08. The van der Waals surface area contributed by atoms with Crippen molar-refractivity contribution >= 4 is 21.4 Å². The van der Waals surface area contributed by atoms with Crippen LogP contribution in [0.2, 0.25) is 0 Å².